The highest BCUT2D eigenvalue weighted by Crippen LogP contribution is 2.47. The van der Waals surface area contributed by atoms with Crippen LogP contribution in [-0.4, -0.2) is 57.8 Å². The monoisotopic (exact) mass is 629 g/mol. The molecule has 1 amide bonds. The first kappa shape index (κ1) is 27.0. The van der Waals surface area contributed by atoms with Crippen molar-refractivity contribution in [1.82, 2.24) is 19.6 Å². The molecule has 2 unspecified atom stereocenters. The molecule has 1 saturated heterocycles. The van der Waals surface area contributed by atoms with E-state index in [0.29, 0.717) is 26.2 Å². The third-order valence-electron chi connectivity index (χ3n) is 7.58. The van der Waals surface area contributed by atoms with Gasteiger partial charge in [0.25, 0.3) is 5.91 Å². The highest BCUT2D eigenvalue weighted by molar-refractivity contribution is 9.10. The number of rotatable bonds is 5. The van der Waals surface area contributed by atoms with Gasteiger partial charge in [0.05, 0.1) is 16.6 Å². The summed E-state index contributed by atoms with van der Waals surface area (Å²) in [5.41, 5.74) is 2.34. The lowest BCUT2D eigenvalue weighted by atomic mass is 9.96. The van der Waals surface area contributed by atoms with Gasteiger partial charge in [-0.2, -0.15) is 18.3 Å². The van der Waals surface area contributed by atoms with Crippen molar-refractivity contribution in [3.05, 3.63) is 104 Å². The molecule has 40 heavy (non-hydrogen) atoms. The number of piperazine rings is 1. The number of alkyl halides is 3. The molecular formula is C29H27BrF3N5OS. The second-order valence-electron chi connectivity index (χ2n) is 10.0. The molecule has 6 nitrogen and oxygen atoms in total. The van der Waals surface area contributed by atoms with Crippen LogP contribution in [0.15, 0.2) is 82.6 Å². The average molecular weight is 631 g/mol. The summed E-state index contributed by atoms with van der Waals surface area (Å²) < 4.78 is 43.6. The van der Waals surface area contributed by atoms with Crippen LogP contribution in [0.2, 0.25) is 0 Å². The maximum absolute atomic E-state index is 14.1. The fourth-order valence-corrected chi connectivity index (χ4v) is 6.96. The predicted molar refractivity (Wildman–Crippen MR) is 153 cm³/mol. The Balaban J connectivity index is 1.23. The van der Waals surface area contributed by atoms with E-state index in [2.05, 4.69) is 55.5 Å². The number of nitrogens with one attached hydrogen (secondary N) is 1. The third kappa shape index (κ3) is 5.17. The molecule has 2 aromatic heterocycles. The van der Waals surface area contributed by atoms with Gasteiger partial charge < -0.3 is 10.2 Å². The number of benzene rings is 2. The topological polar surface area (TPSA) is 53.4 Å². The summed E-state index contributed by atoms with van der Waals surface area (Å²) in [6, 6.07) is 21.8. The van der Waals surface area contributed by atoms with Gasteiger partial charge in [-0.3, -0.25) is 9.69 Å². The number of carbonyl (C=O) groups excluding carboxylic acids is 1. The predicted octanol–water partition coefficient (Wildman–Crippen LogP) is 6.91. The molecule has 1 N–H and O–H groups in total. The first-order valence-electron chi connectivity index (χ1n) is 13.1. The number of thiophene rings is 1. The van der Waals surface area contributed by atoms with Crippen LogP contribution >= 0.6 is 27.3 Å². The van der Waals surface area contributed by atoms with Gasteiger partial charge in [-0.05, 0) is 38.5 Å². The van der Waals surface area contributed by atoms with Crippen LogP contribution in [0.1, 0.15) is 51.0 Å². The number of carbonyl (C=O) groups is 1. The molecule has 2 aliphatic heterocycles. The number of halogens is 4. The van der Waals surface area contributed by atoms with E-state index in [4.69, 9.17) is 0 Å². The Kier molecular flexibility index (Phi) is 7.45. The lowest BCUT2D eigenvalue weighted by molar-refractivity contribution is -0.173. The van der Waals surface area contributed by atoms with E-state index in [-0.39, 0.29) is 34.4 Å². The Morgan fingerprint density at radius 2 is 1.57 bits per heavy atom. The van der Waals surface area contributed by atoms with Crippen LogP contribution in [-0.2, 0) is 0 Å². The van der Waals surface area contributed by atoms with Crippen molar-refractivity contribution in [1.29, 1.82) is 0 Å². The van der Waals surface area contributed by atoms with Gasteiger partial charge in [0.15, 0.2) is 11.7 Å². The van der Waals surface area contributed by atoms with Crippen LogP contribution in [0.4, 0.5) is 19.0 Å². The van der Waals surface area contributed by atoms with E-state index in [0.717, 1.165) is 9.56 Å². The van der Waals surface area contributed by atoms with Gasteiger partial charge >= 0.3 is 6.18 Å². The second kappa shape index (κ2) is 11.0. The highest BCUT2D eigenvalue weighted by atomic mass is 79.9. The Labute approximate surface area is 242 Å². The fourth-order valence-electron chi connectivity index (χ4n) is 5.62. The van der Waals surface area contributed by atoms with E-state index in [1.54, 1.807) is 4.90 Å². The Morgan fingerprint density at radius 1 is 0.950 bits per heavy atom. The summed E-state index contributed by atoms with van der Waals surface area (Å²) >= 11 is 4.82. The minimum Gasteiger partial charge on any atom is -0.362 e. The summed E-state index contributed by atoms with van der Waals surface area (Å²) in [5, 5.41) is 9.26. The molecule has 6 rings (SSSR count). The van der Waals surface area contributed by atoms with Crippen LogP contribution in [0.25, 0.3) is 0 Å². The fraction of sp³-hybridized carbons (Fsp3) is 0.310. The molecule has 0 radical (unpaired) electrons. The number of nitrogens with zero attached hydrogens (tertiary/aromatic N) is 4. The normalized spacial score (nSPS) is 19.9. The summed E-state index contributed by atoms with van der Waals surface area (Å²) in [4.78, 5) is 18.4. The molecule has 4 heterocycles. The van der Waals surface area contributed by atoms with Crippen molar-refractivity contribution in [2.75, 3.05) is 31.5 Å². The largest absolute Gasteiger partial charge is 0.410 e. The first-order valence-corrected chi connectivity index (χ1v) is 14.8. The van der Waals surface area contributed by atoms with Crippen LogP contribution < -0.4 is 5.32 Å². The van der Waals surface area contributed by atoms with Crippen molar-refractivity contribution < 1.29 is 18.0 Å². The van der Waals surface area contributed by atoms with Gasteiger partial charge in [-0.1, -0.05) is 66.7 Å². The number of hydrogen-bond acceptors (Lipinski definition) is 5. The van der Waals surface area contributed by atoms with Crippen molar-refractivity contribution in [2.24, 2.45) is 0 Å². The Morgan fingerprint density at radius 3 is 2.12 bits per heavy atom. The standard InChI is InChI=1S/C29H27BrF3N5OS/c30-24-25(35-38-23(29(31,32)33)18-21(34-27(24)38)22-12-7-17-40-22)28(39)37-15-13-36(14-16-37)26(19-8-3-1-4-9-19)20-10-5-2-6-11-20/h1-12,17,21,23,26,34H,13-16,18H2. The molecule has 0 spiro atoms. The van der Waals surface area contributed by atoms with Gasteiger partial charge in [0.1, 0.15) is 5.82 Å². The lowest BCUT2D eigenvalue weighted by Gasteiger charge is -2.39. The van der Waals surface area contributed by atoms with Crippen molar-refractivity contribution in [3.63, 3.8) is 0 Å². The molecule has 0 bridgehead atoms. The molecular weight excluding hydrogens is 603 g/mol. The minimum atomic E-state index is -4.51. The number of hydrogen-bond donors (Lipinski definition) is 1. The van der Waals surface area contributed by atoms with E-state index >= 15 is 0 Å². The molecule has 4 aromatic rings. The van der Waals surface area contributed by atoms with Crippen molar-refractivity contribution in [3.8, 4) is 0 Å². The second-order valence-corrected chi connectivity index (χ2v) is 11.8. The molecule has 2 atom stereocenters. The van der Waals surface area contributed by atoms with Gasteiger partial charge in [0.2, 0.25) is 0 Å². The SMILES string of the molecule is O=C(c1nn2c(c1Br)NC(c1cccs1)CC2C(F)(F)F)N1CCN(C(c2ccccc2)c2ccccc2)CC1. The summed E-state index contributed by atoms with van der Waals surface area (Å²) in [6.07, 6.45) is -4.70. The zero-order valence-electron chi connectivity index (χ0n) is 21.4. The molecule has 2 aliphatic rings. The maximum Gasteiger partial charge on any atom is 0.410 e. The molecule has 2 aromatic carbocycles. The summed E-state index contributed by atoms with van der Waals surface area (Å²) in [6.45, 7) is 2.12. The summed E-state index contributed by atoms with van der Waals surface area (Å²) in [5.74, 6) is -0.193. The number of amides is 1. The first-order chi connectivity index (χ1) is 19.3. The van der Waals surface area contributed by atoms with Crippen LogP contribution in [0.3, 0.4) is 0 Å². The average Bonchev–Trinajstić information content (AvgIpc) is 3.62. The van der Waals surface area contributed by atoms with E-state index in [1.165, 1.54) is 22.5 Å². The van der Waals surface area contributed by atoms with Gasteiger partial charge in [0, 0.05) is 37.5 Å². The number of fused-ring (bicyclic) bond motifs is 1. The Hall–Kier alpha value is -3.15. The van der Waals surface area contributed by atoms with Crippen molar-refractivity contribution in [2.45, 2.75) is 30.7 Å². The van der Waals surface area contributed by atoms with Crippen LogP contribution in [0, 0.1) is 0 Å². The minimum absolute atomic E-state index is 0.000279. The molecule has 0 saturated carbocycles. The lowest BCUT2D eigenvalue weighted by Crippen LogP contribution is -2.50. The summed E-state index contributed by atoms with van der Waals surface area (Å²) in [7, 11) is 0. The zero-order chi connectivity index (χ0) is 27.9. The van der Waals surface area contributed by atoms with Gasteiger partial charge in [-0.15, -0.1) is 11.3 Å². The van der Waals surface area contributed by atoms with E-state index in [9.17, 15) is 18.0 Å². The number of aromatic nitrogens is 2. The van der Waals surface area contributed by atoms with E-state index in [1.807, 2.05) is 53.9 Å². The molecule has 1 fully saturated rings. The van der Waals surface area contributed by atoms with E-state index < -0.39 is 18.3 Å². The van der Waals surface area contributed by atoms with Crippen LogP contribution in [0.5, 0.6) is 0 Å². The third-order valence-corrected chi connectivity index (χ3v) is 9.32. The quantitative estimate of drug-likeness (QED) is 0.260. The van der Waals surface area contributed by atoms with Gasteiger partial charge in [-0.25, -0.2) is 4.68 Å². The smallest absolute Gasteiger partial charge is 0.362 e. The number of anilines is 1. The molecule has 0 aliphatic carbocycles. The molecule has 11 heteroatoms. The maximum atomic E-state index is 14.1. The highest BCUT2D eigenvalue weighted by Gasteiger charge is 2.48. The zero-order valence-corrected chi connectivity index (χ0v) is 23.8. The molecule has 208 valence electrons. The Bertz CT molecular complexity index is 1410. The van der Waals surface area contributed by atoms with Crippen molar-refractivity contribution >= 4 is 39.0 Å².